The molecule has 4 saturated carbocycles. The van der Waals surface area contributed by atoms with Crippen molar-refractivity contribution in [2.24, 2.45) is 0 Å². The molecule has 8 aromatic heterocycles. The Hall–Kier alpha value is -12.6. The van der Waals surface area contributed by atoms with Crippen molar-refractivity contribution in [1.82, 2.24) is 79.7 Å². The van der Waals surface area contributed by atoms with E-state index < -0.39 is 12.0 Å². The molecule has 4 N–H and O–H groups in total. The number of nitrogens with zero attached hydrogens (tertiary/aromatic N) is 21. The minimum atomic E-state index is -0.713. The van der Waals surface area contributed by atoms with Gasteiger partial charge in [-0.15, -0.1) is 0 Å². The average molecular weight is 1800 g/mol. The third-order valence-electron chi connectivity index (χ3n) is 24.5. The maximum atomic E-state index is 13.3. The van der Waals surface area contributed by atoms with E-state index in [9.17, 15) is 8.78 Å². The fraction of sp³-hybridized carbons (Fsp3) is 0.484. The molecule has 0 unspecified atom stereocenters. The fourth-order valence-electron chi connectivity index (χ4n) is 17.7. The van der Waals surface area contributed by atoms with Crippen LogP contribution in [0.4, 0.5) is 60.6 Å². The van der Waals surface area contributed by atoms with E-state index in [0.717, 1.165) is 309 Å². The summed E-state index contributed by atoms with van der Waals surface area (Å²) in [7, 11) is 4.91. The number of benzene rings is 4. The highest BCUT2D eigenvalue weighted by molar-refractivity contribution is 5.88. The summed E-state index contributed by atoms with van der Waals surface area (Å²) in [5.41, 5.74) is 11.8. The summed E-state index contributed by atoms with van der Waals surface area (Å²) in [5, 5.41) is 13.6. The van der Waals surface area contributed by atoms with Gasteiger partial charge in [0.1, 0.15) is 88.6 Å². The standard InChI is InChI=1S/C26H35N7O4.C23H28N6O3.2C22H25FN6O2/c1-34-17-33(18-35-2)21-15-29-26(30-16-21)31-19-3-5-22(6-4-19)37-24-14-20(32-9-11-36-12-10-32)13-23-25(24)28-8-7-27-23;1-30-22-14-21(26-15-27-22)28-16-2-4-18(5-3-16)32-20-13-17(29-8-10-31-11-9-29)12-19-23(20)25-7-6-24-19;23-20-13-21(27-14-26-20)28-15-1-3-17(4-2-15)31-19-12-16(29-7-9-30-10-8-29)11-18-22(19)25-6-5-24-18;23-22-26-6-5-20(28-22)27-15-1-3-17(4-2-15)31-19-14-16(29-9-11-30-12-10-29)13-18-21(19)25-8-7-24-18/h7-8,13-16,19,22H,3-6,9-12,17-18H2,1-2H3,(H,29,30,31);6-7,12-16,18H,2-5,8-11H2,1H3,(H,26,27,28);5-6,11-15,17H,1-4,7-10H2,(H,26,27,28);5-8,13-15,17H,1-4,9-12H2,(H,26,27,28). The van der Waals surface area contributed by atoms with Crippen LogP contribution in [0, 0.1) is 12.0 Å². The first-order valence-corrected chi connectivity index (χ1v) is 45.4. The number of morpholine rings is 4. The van der Waals surface area contributed by atoms with Gasteiger partial charge in [0.15, 0.2) is 0 Å². The Labute approximate surface area is 758 Å². The Morgan fingerprint density at radius 3 is 1.01 bits per heavy atom. The van der Waals surface area contributed by atoms with E-state index in [4.69, 9.17) is 52.1 Å². The van der Waals surface area contributed by atoms with Crippen LogP contribution in [0.15, 0.2) is 148 Å². The summed E-state index contributed by atoms with van der Waals surface area (Å²) in [4.78, 5) is 79.6. The maximum absolute atomic E-state index is 13.3. The van der Waals surface area contributed by atoms with E-state index in [1.54, 1.807) is 89.4 Å². The molecule has 690 valence electrons. The minimum Gasteiger partial charge on any atom is -0.488 e. The van der Waals surface area contributed by atoms with Crippen molar-refractivity contribution >= 4 is 96.0 Å². The lowest BCUT2D eigenvalue weighted by Gasteiger charge is -2.31. The van der Waals surface area contributed by atoms with Crippen molar-refractivity contribution in [3.63, 3.8) is 0 Å². The molecule has 4 aliphatic heterocycles. The van der Waals surface area contributed by atoms with Gasteiger partial charge in [0.25, 0.3) is 0 Å². The molecule has 131 heavy (non-hydrogen) atoms. The summed E-state index contributed by atoms with van der Waals surface area (Å²) in [6, 6.07) is 22.7. The van der Waals surface area contributed by atoms with Gasteiger partial charge in [-0.3, -0.25) is 19.9 Å². The highest BCUT2D eigenvalue weighted by Crippen LogP contribution is 2.40. The smallest absolute Gasteiger partial charge is 0.310 e. The van der Waals surface area contributed by atoms with Crippen LogP contribution in [0.25, 0.3) is 44.1 Å². The molecule has 0 atom stereocenters. The van der Waals surface area contributed by atoms with Crippen LogP contribution in [-0.4, -0.2) is 268 Å². The molecule has 20 rings (SSSR count). The molecular formula is C93H113F2N25O11. The topological polar surface area (TPSA) is 372 Å². The number of fused-ring (bicyclic) bond motifs is 4. The fourth-order valence-corrected chi connectivity index (χ4v) is 17.7. The van der Waals surface area contributed by atoms with Gasteiger partial charge in [0.2, 0.25) is 17.8 Å². The van der Waals surface area contributed by atoms with Crippen LogP contribution in [0.3, 0.4) is 0 Å². The Bertz CT molecular complexity index is 5460. The molecule has 8 aliphatic rings. The first-order valence-electron chi connectivity index (χ1n) is 45.4. The predicted molar refractivity (Wildman–Crippen MR) is 492 cm³/mol. The maximum Gasteiger partial charge on any atom is 0.310 e. The zero-order valence-electron chi connectivity index (χ0n) is 74.2. The quantitative estimate of drug-likeness (QED) is 0.0222. The van der Waals surface area contributed by atoms with Gasteiger partial charge in [-0.05, 0) is 133 Å². The molecule has 4 aliphatic carbocycles. The van der Waals surface area contributed by atoms with Gasteiger partial charge in [0.05, 0.1) is 125 Å². The summed E-state index contributed by atoms with van der Waals surface area (Å²) in [6.07, 6.45) is 36.3. The molecule has 0 bridgehead atoms. The Kier molecular flexibility index (Phi) is 31.2. The predicted octanol–water partition coefficient (Wildman–Crippen LogP) is 12.5. The van der Waals surface area contributed by atoms with Crippen molar-refractivity contribution in [3.8, 4) is 28.9 Å². The van der Waals surface area contributed by atoms with Gasteiger partial charge in [-0.2, -0.15) is 13.8 Å². The lowest BCUT2D eigenvalue weighted by Crippen LogP contribution is -2.36. The third-order valence-corrected chi connectivity index (χ3v) is 24.5. The lowest BCUT2D eigenvalue weighted by atomic mass is 9.93. The number of aromatic nitrogens is 16. The van der Waals surface area contributed by atoms with Crippen LogP contribution in [-0.2, 0) is 28.4 Å². The molecule has 36 nitrogen and oxygen atoms in total. The molecule has 4 saturated heterocycles. The highest BCUT2D eigenvalue weighted by atomic mass is 19.1. The van der Waals surface area contributed by atoms with Gasteiger partial charge in [0, 0.05) is 206 Å². The van der Waals surface area contributed by atoms with Gasteiger partial charge in [-0.1, -0.05) is 0 Å². The SMILES string of the molecule is COCN(COC)c1cnc(NC2CCC(Oc3cc(N4CCOCC4)cc4nccnc34)CC2)nc1.COc1cc(NC2CCC(Oc3cc(N4CCOCC4)cc4nccnc34)CC2)ncn1.Fc1cc(NC2CCC(Oc3cc(N4CCOCC4)cc4nccnc34)CC2)ncn1.Fc1nccc(NC2CCC(Oc3cc(N4CCOCC4)cc4nccnc34)CC2)n1. The monoisotopic (exact) mass is 1790 g/mol. The van der Waals surface area contributed by atoms with E-state index in [1.165, 1.54) is 24.9 Å². The minimum absolute atomic E-state index is 0.102. The van der Waals surface area contributed by atoms with E-state index in [-0.39, 0.29) is 36.5 Å². The zero-order chi connectivity index (χ0) is 89.3. The number of methoxy groups -OCH3 is 3. The van der Waals surface area contributed by atoms with Gasteiger partial charge >= 0.3 is 6.08 Å². The number of hydrogen-bond donors (Lipinski definition) is 4. The van der Waals surface area contributed by atoms with Crippen molar-refractivity contribution < 1.29 is 60.9 Å². The molecule has 0 amide bonds. The number of anilines is 9. The largest absolute Gasteiger partial charge is 0.488 e. The molecule has 8 fully saturated rings. The Balaban J connectivity index is 0.000000122. The average Bonchev–Trinajstić information content (AvgIpc) is 0.804. The first kappa shape index (κ1) is 90.3. The van der Waals surface area contributed by atoms with Gasteiger partial charge in [-0.25, -0.2) is 54.8 Å². The molecule has 0 spiro atoms. The van der Waals surface area contributed by atoms with Gasteiger partial charge < -0.3 is 97.9 Å². The number of rotatable bonds is 26. The zero-order valence-corrected chi connectivity index (χ0v) is 74.2. The Morgan fingerprint density at radius 1 is 0.344 bits per heavy atom. The van der Waals surface area contributed by atoms with Crippen molar-refractivity contribution in [2.75, 3.05) is 186 Å². The molecule has 12 aromatic rings. The number of nitrogens with one attached hydrogen (secondary N) is 4. The third kappa shape index (κ3) is 24.7. The van der Waals surface area contributed by atoms with E-state index in [1.807, 2.05) is 11.0 Å². The van der Waals surface area contributed by atoms with E-state index >= 15 is 0 Å². The van der Waals surface area contributed by atoms with Crippen LogP contribution in [0.5, 0.6) is 28.9 Å². The highest BCUT2D eigenvalue weighted by Gasteiger charge is 2.31. The second kappa shape index (κ2) is 45.3. The number of ether oxygens (including phenoxy) is 11. The number of hydrogen-bond acceptors (Lipinski definition) is 36. The van der Waals surface area contributed by atoms with Crippen molar-refractivity contribution in [2.45, 2.75) is 151 Å². The summed E-state index contributed by atoms with van der Waals surface area (Å²) < 4.78 is 90.1. The molecular weight excluding hydrogens is 1680 g/mol. The molecule has 0 radical (unpaired) electrons. The van der Waals surface area contributed by atoms with Crippen LogP contribution in [0.2, 0.25) is 0 Å². The molecule has 4 aromatic carbocycles. The Morgan fingerprint density at radius 2 is 0.672 bits per heavy atom. The van der Waals surface area contributed by atoms with E-state index in [2.05, 4.69) is 169 Å². The van der Waals surface area contributed by atoms with Crippen LogP contribution in [0.1, 0.15) is 103 Å². The van der Waals surface area contributed by atoms with Crippen LogP contribution >= 0.6 is 0 Å². The molecule has 38 heteroatoms. The summed E-state index contributed by atoms with van der Waals surface area (Å²) in [5.74, 6) is 5.68. The van der Waals surface area contributed by atoms with Crippen LogP contribution < -0.4 is 69.5 Å². The van der Waals surface area contributed by atoms with E-state index in [0.29, 0.717) is 49.0 Å². The lowest BCUT2D eigenvalue weighted by molar-refractivity contribution is 0.122. The second-order valence-corrected chi connectivity index (χ2v) is 33.3. The second-order valence-electron chi connectivity index (χ2n) is 33.3. The van der Waals surface area contributed by atoms with Crippen molar-refractivity contribution in [1.29, 1.82) is 0 Å². The summed E-state index contributed by atoms with van der Waals surface area (Å²) >= 11 is 0. The first-order chi connectivity index (χ1) is 64.5. The normalized spacial score (nSPS) is 21.2. The molecule has 12 heterocycles. The number of halogens is 2. The van der Waals surface area contributed by atoms with Crippen molar-refractivity contribution in [3.05, 3.63) is 160 Å². The summed E-state index contributed by atoms with van der Waals surface area (Å²) in [6.45, 7) is 13.5.